The topological polar surface area (TPSA) is 65.1 Å². The monoisotopic (exact) mass is 286 g/mol. The molecule has 21 heavy (non-hydrogen) atoms. The minimum atomic E-state index is -0.458. The average Bonchev–Trinajstić information content (AvgIpc) is 3.06. The molecule has 3 rings (SSSR count). The minimum absolute atomic E-state index is 0.00368. The average molecular weight is 286 g/mol. The van der Waals surface area contributed by atoms with Crippen LogP contribution in [0.4, 0.5) is 0 Å². The Bertz CT molecular complexity index is 647. The Morgan fingerprint density at radius 2 is 2.29 bits per heavy atom. The number of nitrogens with one attached hydrogen (secondary N) is 2. The number of carbonyl (C=O) groups is 1. The molecule has 1 amide bonds. The molecule has 0 bridgehead atoms. The molecule has 2 aromatic rings. The highest BCUT2D eigenvalue weighted by Crippen LogP contribution is 2.25. The Morgan fingerprint density at radius 3 is 3.05 bits per heavy atom. The van der Waals surface area contributed by atoms with Gasteiger partial charge >= 0.3 is 0 Å². The van der Waals surface area contributed by atoms with Crippen LogP contribution >= 0.6 is 0 Å². The number of para-hydroxylation sites is 1. The summed E-state index contributed by atoms with van der Waals surface area (Å²) < 4.78 is 0. The van der Waals surface area contributed by atoms with Crippen LogP contribution in [0.2, 0.25) is 0 Å². The number of carbonyl (C=O) groups excluding carboxylic acids is 1. The third-order valence-corrected chi connectivity index (χ3v) is 4.52. The van der Waals surface area contributed by atoms with E-state index in [2.05, 4.69) is 35.4 Å². The van der Waals surface area contributed by atoms with Crippen LogP contribution in [-0.2, 0) is 11.2 Å². The van der Waals surface area contributed by atoms with Crippen molar-refractivity contribution in [2.24, 2.45) is 5.92 Å². The van der Waals surface area contributed by atoms with Crippen LogP contribution < -0.4 is 5.32 Å². The van der Waals surface area contributed by atoms with Crippen molar-refractivity contribution >= 4 is 16.8 Å². The molecular weight excluding hydrogens is 264 g/mol. The highest BCUT2D eigenvalue weighted by Gasteiger charge is 2.30. The largest absolute Gasteiger partial charge is 0.392 e. The maximum Gasteiger partial charge on any atom is 0.225 e. The first-order valence-corrected chi connectivity index (χ1v) is 7.68. The smallest absolute Gasteiger partial charge is 0.225 e. The van der Waals surface area contributed by atoms with E-state index in [4.69, 9.17) is 0 Å². The van der Waals surface area contributed by atoms with Crippen LogP contribution in [-0.4, -0.2) is 28.6 Å². The summed E-state index contributed by atoms with van der Waals surface area (Å²) in [7, 11) is 0. The molecule has 1 heterocycles. The zero-order valence-electron chi connectivity index (χ0n) is 12.4. The van der Waals surface area contributed by atoms with Crippen LogP contribution in [0.3, 0.4) is 0 Å². The van der Waals surface area contributed by atoms with Crippen molar-refractivity contribution < 1.29 is 9.90 Å². The molecule has 1 fully saturated rings. The zero-order chi connectivity index (χ0) is 14.8. The van der Waals surface area contributed by atoms with Crippen molar-refractivity contribution in [3.05, 3.63) is 35.5 Å². The quantitative estimate of drug-likeness (QED) is 0.807. The van der Waals surface area contributed by atoms with Gasteiger partial charge in [-0.3, -0.25) is 4.79 Å². The second kappa shape index (κ2) is 5.90. The van der Waals surface area contributed by atoms with Crippen molar-refractivity contribution in [1.82, 2.24) is 10.3 Å². The van der Waals surface area contributed by atoms with Crippen molar-refractivity contribution in [2.75, 3.05) is 6.54 Å². The molecule has 1 aromatic heterocycles. The molecule has 112 valence electrons. The molecule has 3 N–H and O–H groups in total. The maximum absolute atomic E-state index is 12.0. The first-order chi connectivity index (χ1) is 10.2. The number of hydrogen-bond acceptors (Lipinski definition) is 2. The Labute approximate surface area is 124 Å². The number of aromatic amines is 1. The lowest BCUT2D eigenvalue weighted by molar-refractivity contribution is -0.127. The van der Waals surface area contributed by atoms with Gasteiger partial charge in [0.2, 0.25) is 5.91 Å². The fourth-order valence-corrected chi connectivity index (χ4v) is 3.27. The van der Waals surface area contributed by atoms with Gasteiger partial charge in [-0.15, -0.1) is 0 Å². The van der Waals surface area contributed by atoms with E-state index in [-0.39, 0.29) is 11.8 Å². The lowest BCUT2D eigenvalue weighted by Crippen LogP contribution is -2.35. The fraction of sp³-hybridized carbons (Fsp3) is 0.471. The third-order valence-electron chi connectivity index (χ3n) is 4.52. The number of amides is 1. The van der Waals surface area contributed by atoms with E-state index in [9.17, 15) is 9.90 Å². The van der Waals surface area contributed by atoms with E-state index >= 15 is 0 Å². The van der Waals surface area contributed by atoms with Gasteiger partial charge in [0.05, 0.1) is 12.0 Å². The summed E-state index contributed by atoms with van der Waals surface area (Å²) in [6.45, 7) is 2.70. The Balaban J connectivity index is 1.60. The van der Waals surface area contributed by atoms with E-state index in [1.54, 1.807) is 0 Å². The number of rotatable bonds is 4. The summed E-state index contributed by atoms with van der Waals surface area (Å²) in [5, 5.41) is 13.9. The first-order valence-electron chi connectivity index (χ1n) is 7.68. The van der Waals surface area contributed by atoms with Gasteiger partial charge in [-0.05, 0) is 43.7 Å². The summed E-state index contributed by atoms with van der Waals surface area (Å²) in [5.41, 5.74) is 3.63. The summed E-state index contributed by atoms with van der Waals surface area (Å²) >= 11 is 0. The number of benzene rings is 1. The lowest BCUT2D eigenvalue weighted by Gasteiger charge is -2.14. The van der Waals surface area contributed by atoms with Crippen molar-refractivity contribution in [2.45, 2.75) is 38.7 Å². The summed E-state index contributed by atoms with van der Waals surface area (Å²) in [6, 6.07) is 6.26. The number of fused-ring (bicyclic) bond motifs is 1. The number of aliphatic hydroxyl groups is 1. The number of hydrogen-bond donors (Lipinski definition) is 3. The van der Waals surface area contributed by atoms with Crippen molar-refractivity contribution in [1.29, 1.82) is 0 Å². The molecule has 0 saturated heterocycles. The molecular formula is C17H22N2O2. The third kappa shape index (κ3) is 2.81. The SMILES string of the molecule is Cc1cccc2c(CCNC(=O)C3CCCC3O)c[nH]c12. The molecule has 1 aromatic carbocycles. The number of aromatic nitrogens is 1. The normalized spacial score (nSPS) is 21.8. The molecule has 1 aliphatic rings. The highest BCUT2D eigenvalue weighted by molar-refractivity contribution is 5.86. The van der Waals surface area contributed by atoms with E-state index < -0.39 is 6.10 Å². The van der Waals surface area contributed by atoms with Crippen LogP contribution in [0.5, 0.6) is 0 Å². The second-order valence-corrected chi connectivity index (χ2v) is 5.96. The van der Waals surface area contributed by atoms with Gasteiger partial charge in [0, 0.05) is 23.6 Å². The molecule has 2 atom stereocenters. The summed E-state index contributed by atoms with van der Waals surface area (Å²) in [6.07, 6.45) is 4.87. The van der Waals surface area contributed by atoms with Crippen LogP contribution in [0.25, 0.3) is 10.9 Å². The number of aliphatic hydroxyl groups excluding tert-OH is 1. The second-order valence-electron chi connectivity index (χ2n) is 5.96. The summed E-state index contributed by atoms with van der Waals surface area (Å²) in [5.74, 6) is -0.216. The van der Waals surface area contributed by atoms with Crippen LogP contribution in [0.1, 0.15) is 30.4 Å². The predicted octanol–water partition coefficient (Wildman–Crippen LogP) is 2.30. The molecule has 4 nitrogen and oxygen atoms in total. The van der Waals surface area contributed by atoms with E-state index in [0.29, 0.717) is 6.54 Å². The Morgan fingerprint density at radius 1 is 1.43 bits per heavy atom. The molecule has 0 radical (unpaired) electrons. The van der Waals surface area contributed by atoms with Gasteiger partial charge in [-0.1, -0.05) is 18.2 Å². The van der Waals surface area contributed by atoms with Crippen molar-refractivity contribution in [3.8, 4) is 0 Å². The van der Waals surface area contributed by atoms with Gasteiger partial charge in [-0.2, -0.15) is 0 Å². The predicted molar refractivity (Wildman–Crippen MR) is 83.1 cm³/mol. The fourth-order valence-electron chi connectivity index (χ4n) is 3.27. The molecule has 1 aliphatic carbocycles. The molecule has 4 heteroatoms. The molecule has 0 spiro atoms. The van der Waals surface area contributed by atoms with Crippen LogP contribution in [0.15, 0.2) is 24.4 Å². The van der Waals surface area contributed by atoms with E-state index in [1.165, 1.54) is 22.0 Å². The van der Waals surface area contributed by atoms with E-state index in [1.807, 2.05) is 6.20 Å². The Kier molecular flexibility index (Phi) is 3.97. The number of aryl methyl sites for hydroxylation is 1. The first kappa shape index (κ1) is 14.1. The Hall–Kier alpha value is -1.81. The summed E-state index contributed by atoms with van der Waals surface area (Å²) in [4.78, 5) is 15.3. The van der Waals surface area contributed by atoms with Crippen LogP contribution in [0, 0.1) is 12.8 Å². The molecule has 1 saturated carbocycles. The van der Waals surface area contributed by atoms with Gasteiger partial charge < -0.3 is 15.4 Å². The molecule has 0 aliphatic heterocycles. The number of H-pyrrole nitrogens is 1. The zero-order valence-corrected chi connectivity index (χ0v) is 12.4. The maximum atomic E-state index is 12.0. The van der Waals surface area contributed by atoms with Gasteiger partial charge in [0.25, 0.3) is 0 Å². The highest BCUT2D eigenvalue weighted by atomic mass is 16.3. The van der Waals surface area contributed by atoms with Crippen molar-refractivity contribution in [3.63, 3.8) is 0 Å². The van der Waals surface area contributed by atoms with Gasteiger partial charge in [0.1, 0.15) is 0 Å². The van der Waals surface area contributed by atoms with E-state index in [0.717, 1.165) is 25.7 Å². The lowest BCUT2D eigenvalue weighted by atomic mass is 10.0. The van der Waals surface area contributed by atoms with Gasteiger partial charge in [-0.25, -0.2) is 0 Å². The van der Waals surface area contributed by atoms with Gasteiger partial charge in [0.15, 0.2) is 0 Å². The molecule has 2 unspecified atom stereocenters. The minimum Gasteiger partial charge on any atom is -0.392 e. The standard InChI is InChI=1S/C17H22N2O2/c1-11-4-2-5-13-12(10-19-16(11)13)8-9-18-17(21)14-6-3-7-15(14)20/h2,4-5,10,14-15,19-20H,3,6-9H2,1H3,(H,18,21).